The maximum atomic E-state index is 5.51. The van der Waals surface area contributed by atoms with Crippen molar-refractivity contribution in [1.82, 2.24) is 20.6 Å². The Morgan fingerprint density at radius 1 is 1.50 bits per heavy atom. The highest BCUT2D eigenvalue weighted by Gasteiger charge is 2.48. The predicted molar refractivity (Wildman–Crippen MR) is 97.3 cm³/mol. The van der Waals surface area contributed by atoms with Gasteiger partial charge >= 0.3 is 0 Å². The number of ether oxygens (including phenoxy) is 1. The van der Waals surface area contributed by atoms with Crippen LogP contribution in [0.3, 0.4) is 0 Å². The monoisotopic (exact) mass is 329 g/mol. The molecule has 3 rings (SSSR count). The number of hydrogen-bond acceptors (Lipinski definition) is 3. The number of pyridine rings is 1. The van der Waals surface area contributed by atoms with E-state index in [9.17, 15) is 0 Å². The van der Waals surface area contributed by atoms with Gasteiger partial charge in [0.1, 0.15) is 5.65 Å². The molecule has 24 heavy (non-hydrogen) atoms. The van der Waals surface area contributed by atoms with E-state index in [0.717, 1.165) is 31.0 Å². The number of aliphatic imine (C=N–C) groups is 1. The quantitative estimate of drug-likeness (QED) is 0.580. The fourth-order valence-corrected chi connectivity index (χ4v) is 3.43. The van der Waals surface area contributed by atoms with E-state index in [-0.39, 0.29) is 5.41 Å². The average Bonchev–Trinajstić information content (AvgIpc) is 2.99. The van der Waals surface area contributed by atoms with Crippen LogP contribution in [-0.2, 0) is 11.2 Å². The fourth-order valence-electron chi connectivity index (χ4n) is 3.43. The van der Waals surface area contributed by atoms with E-state index >= 15 is 0 Å². The van der Waals surface area contributed by atoms with Crippen molar-refractivity contribution < 1.29 is 4.74 Å². The zero-order valence-electron chi connectivity index (χ0n) is 14.9. The van der Waals surface area contributed by atoms with Gasteiger partial charge in [0.2, 0.25) is 0 Å². The minimum absolute atomic E-state index is 0.120. The predicted octanol–water partition coefficient (Wildman–Crippen LogP) is 2.08. The van der Waals surface area contributed by atoms with Crippen LogP contribution in [0.5, 0.6) is 0 Å². The number of guanidine groups is 1. The van der Waals surface area contributed by atoms with Gasteiger partial charge in [0.05, 0.1) is 6.10 Å². The molecule has 0 bridgehead atoms. The summed E-state index contributed by atoms with van der Waals surface area (Å²) in [5, 5.41) is 8.11. The number of nitrogens with one attached hydrogen (secondary N) is 3. The number of rotatable bonds is 5. The van der Waals surface area contributed by atoms with Crippen molar-refractivity contribution in [2.75, 3.05) is 20.7 Å². The first-order chi connectivity index (χ1) is 11.6. The second-order valence-corrected chi connectivity index (χ2v) is 6.94. The molecule has 2 atom stereocenters. The first kappa shape index (κ1) is 16.8. The SMILES string of the molecule is CN=C(NCCc1c[nH]c2ncccc12)NC1CC(OC)C1(C)C. The van der Waals surface area contributed by atoms with E-state index in [1.165, 1.54) is 10.9 Å². The molecule has 0 spiro atoms. The van der Waals surface area contributed by atoms with E-state index in [1.807, 2.05) is 19.3 Å². The van der Waals surface area contributed by atoms with Crippen LogP contribution in [-0.4, -0.2) is 48.8 Å². The topological polar surface area (TPSA) is 74.3 Å². The second kappa shape index (κ2) is 6.81. The molecular weight excluding hydrogens is 302 g/mol. The molecule has 1 aliphatic carbocycles. The minimum atomic E-state index is 0.120. The van der Waals surface area contributed by atoms with Gasteiger partial charge in [-0.1, -0.05) is 13.8 Å². The number of aromatic nitrogens is 2. The standard InChI is InChI=1S/C18H27N5O/c1-18(2)14(10-15(18)24-4)23-17(19-3)21-9-7-12-11-22-16-13(12)6-5-8-20-16/h5-6,8,11,14-15H,7,9-10H2,1-4H3,(H,20,22)(H2,19,21,23). The van der Waals surface area contributed by atoms with Crippen LogP contribution in [0.1, 0.15) is 25.8 Å². The number of hydrogen-bond donors (Lipinski definition) is 3. The van der Waals surface area contributed by atoms with E-state index < -0.39 is 0 Å². The molecule has 0 amide bonds. The van der Waals surface area contributed by atoms with Crippen molar-refractivity contribution in [3.05, 3.63) is 30.1 Å². The molecule has 6 nitrogen and oxygen atoms in total. The van der Waals surface area contributed by atoms with Crippen LogP contribution in [0.25, 0.3) is 11.0 Å². The molecule has 2 unspecified atom stereocenters. The molecule has 1 fully saturated rings. The summed E-state index contributed by atoms with van der Waals surface area (Å²) in [6.07, 6.45) is 6.08. The van der Waals surface area contributed by atoms with Gasteiger partial charge in [-0.2, -0.15) is 0 Å². The lowest BCUT2D eigenvalue weighted by atomic mass is 9.64. The maximum Gasteiger partial charge on any atom is 0.191 e. The van der Waals surface area contributed by atoms with E-state index in [0.29, 0.717) is 12.1 Å². The van der Waals surface area contributed by atoms with Crippen LogP contribution in [0.15, 0.2) is 29.5 Å². The fraction of sp³-hybridized carbons (Fsp3) is 0.556. The third-order valence-electron chi connectivity index (χ3n) is 5.22. The van der Waals surface area contributed by atoms with Gasteiger partial charge in [-0.05, 0) is 30.5 Å². The first-order valence-corrected chi connectivity index (χ1v) is 8.47. The number of methoxy groups -OCH3 is 1. The molecule has 0 saturated heterocycles. The summed E-state index contributed by atoms with van der Waals surface area (Å²) in [4.78, 5) is 11.9. The molecular formula is C18H27N5O. The Morgan fingerprint density at radius 3 is 3.04 bits per heavy atom. The average molecular weight is 329 g/mol. The van der Waals surface area contributed by atoms with E-state index in [1.54, 1.807) is 13.3 Å². The van der Waals surface area contributed by atoms with Gasteiger partial charge < -0.3 is 20.4 Å². The highest BCUT2D eigenvalue weighted by atomic mass is 16.5. The van der Waals surface area contributed by atoms with Gasteiger partial charge in [0.15, 0.2) is 5.96 Å². The Kier molecular flexibility index (Phi) is 4.76. The molecule has 2 heterocycles. The van der Waals surface area contributed by atoms with Gasteiger partial charge in [-0.3, -0.25) is 4.99 Å². The highest BCUT2D eigenvalue weighted by molar-refractivity contribution is 5.81. The summed E-state index contributed by atoms with van der Waals surface area (Å²) >= 11 is 0. The summed E-state index contributed by atoms with van der Waals surface area (Å²) in [7, 11) is 3.59. The molecule has 0 radical (unpaired) electrons. The number of H-pyrrole nitrogens is 1. The third kappa shape index (κ3) is 3.11. The van der Waals surface area contributed by atoms with Crippen LogP contribution in [0.4, 0.5) is 0 Å². The van der Waals surface area contributed by atoms with Gasteiger partial charge in [0, 0.05) is 49.9 Å². The van der Waals surface area contributed by atoms with Crippen molar-refractivity contribution in [2.24, 2.45) is 10.4 Å². The van der Waals surface area contributed by atoms with Crippen LogP contribution in [0.2, 0.25) is 0 Å². The van der Waals surface area contributed by atoms with Crippen LogP contribution >= 0.6 is 0 Å². The van der Waals surface area contributed by atoms with Crippen molar-refractivity contribution in [3.63, 3.8) is 0 Å². The second-order valence-electron chi connectivity index (χ2n) is 6.94. The molecule has 6 heteroatoms. The third-order valence-corrected chi connectivity index (χ3v) is 5.22. The summed E-state index contributed by atoms with van der Waals surface area (Å²) in [5.74, 6) is 0.848. The number of nitrogens with zero attached hydrogens (tertiary/aromatic N) is 2. The molecule has 0 aliphatic heterocycles. The smallest absolute Gasteiger partial charge is 0.191 e. The Morgan fingerprint density at radius 2 is 2.33 bits per heavy atom. The molecule has 1 aliphatic rings. The molecule has 130 valence electrons. The van der Waals surface area contributed by atoms with E-state index in [4.69, 9.17) is 4.74 Å². The van der Waals surface area contributed by atoms with Crippen molar-refractivity contribution >= 4 is 17.0 Å². The van der Waals surface area contributed by atoms with Gasteiger partial charge in [-0.15, -0.1) is 0 Å². The Labute approximate surface area is 143 Å². The lowest BCUT2D eigenvalue weighted by Gasteiger charge is -2.51. The highest BCUT2D eigenvalue weighted by Crippen LogP contribution is 2.42. The number of fused-ring (bicyclic) bond motifs is 1. The zero-order chi connectivity index (χ0) is 17.2. The first-order valence-electron chi connectivity index (χ1n) is 8.47. The van der Waals surface area contributed by atoms with Crippen LogP contribution < -0.4 is 10.6 Å². The maximum absolute atomic E-state index is 5.51. The summed E-state index contributed by atoms with van der Waals surface area (Å²) in [6.45, 7) is 5.28. The summed E-state index contributed by atoms with van der Waals surface area (Å²) in [6, 6.07) is 4.45. The number of aromatic amines is 1. The minimum Gasteiger partial charge on any atom is -0.381 e. The Hall–Kier alpha value is -2.08. The van der Waals surface area contributed by atoms with Gasteiger partial charge in [-0.25, -0.2) is 4.98 Å². The van der Waals surface area contributed by atoms with Crippen LogP contribution in [0, 0.1) is 5.41 Å². The lowest BCUT2D eigenvalue weighted by Crippen LogP contribution is -2.63. The lowest BCUT2D eigenvalue weighted by molar-refractivity contribution is -0.0922. The zero-order valence-corrected chi connectivity index (χ0v) is 14.9. The van der Waals surface area contributed by atoms with Crippen molar-refractivity contribution in [3.8, 4) is 0 Å². The summed E-state index contributed by atoms with van der Waals surface area (Å²) < 4.78 is 5.51. The van der Waals surface area contributed by atoms with E-state index in [2.05, 4.69) is 45.5 Å². The Bertz CT molecular complexity index is 721. The Balaban J connectivity index is 1.52. The molecule has 3 N–H and O–H groups in total. The van der Waals surface area contributed by atoms with Crippen molar-refractivity contribution in [1.29, 1.82) is 0 Å². The molecule has 0 aromatic carbocycles. The largest absolute Gasteiger partial charge is 0.381 e. The molecule has 2 aromatic heterocycles. The molecule has 2 aromatic rings. The van der Waals surface area contributed by atoms with Gasteiger partial charge in [0.25, 0.3) is 0 Å². The molecule has 1 saturated carbocycles. The van der Waals surface area contributed by atoms with Crippen molar-refractivity contribution in [2.45, 2.75) is 38.8 Å². The summed E-state index contributed by atoms with van der Waals surface area (Å²) in [5.41, 5.74) is 2.33. The normalized spacial score (nSPS) is 23.1.